The van der Waals surface area contributed by atoms with Gasteiger partial charge in [-0.1, -0.05) is 24.8 Å². The Balaban J connectivity index is 0. The van der Waals surface area contributed by atoms with E-state index in [9.17, 15) is 35.6 Å². The second-order valence-corrected chi connectivity index (χ2v) is 12.5. The Morgan fingerprint density at radius 1 is 0.667 bits per heavy atom. The maximum absolute atomic E-state index is 12.1. The first-order valence-corrected chi connectivity index (χ1v) is 13.8. The summed E-state index contributed by atoms with van der Waals surface area (Å²) in [6.07, 6.45) is 6.32. The molecule has 0 fully saturated rings. The number of rotatable bonds is 2. The maximum atomic E-state index is 12.1. The normalized spacial score (nSPS) is 20.5. The van der Waals surface area contributed by atoms with Gasteiger partial charge >= 0.3 is 50.1 Å². The zero-order valence-electron chi connectivity index (χ0n) is 24.8. The van der Waals surface area contributed by atoms with E-state index in [2.05, 4.69) is 30.6 Å². The molecular formula is C22H38F6MnN8O4P. The van der Waals surface area contributed by atoms with Gasteiger partial charge in [-0.15, -0.1) is 0 Å². The summed E-state index contributed by atoms with van der Waals surface area (Å²) in [6.45, 7) is 15.6. The van der Waals surface area contributed by atoms with E-state index in [0.29, 0.717) is 23.3 Å². The second kappa shape index (κ2) is 13.0. The standard InChI is InChI=1S/2C10H15N4O.2CH4O.F6P.Mn/c2*1-9(2)10(3,4)14(15)8(13-9)7-11-5-6-12-7;2*1-2;1-7(2,3,4,5)6;/h2*5-6,13H,1-4H3;2*2H,1H3;;/q2*-1;;;-1;+3. The fourth-order valence-corrected chi connectivity index (χ4v) is 3.09. The number of hydroxylamine groups is 2. The molecule has 0 bridgehead atoms. The zero-order chi connectivity index (χ0) is 32.9. The van der Waals surface area contributed by atoms with E-state index in [0.717, 1.165) is 23.7 Å². The van der Waals surface area contributed by atoms with E-state index >= 15 is 0 Å². The van der Waals surface area contributed by atoms with Crippen LogP contribution in [-0.4, -0.2) is 77.7 Å². The Kier molecular flexibility index (Phi) is 12.8. The summed E-state index contributed by atoms with van der Waals surface area (Å²) in [6, 6.07) is 0. The van der Waals surface area contributed by atoms with Gasteiger partial charge in [-0.25, -0.2) is 0 Å². The number of nitrogens with zero attached hydrogens (tertiary/aromatic N) is 6. The molecule has 2 aromatic heterocycles. The Labute approximate surface area is 250 Å². The molecule has 0 amide bonds. The summed E-state index contributed by atoms with van der Waals surface area (Å²) in [5.74, 6) is 1.83. The summed E-state index contributed by atoms with van der Waals surface area (Å²) < 4.78 is 61.1. The molecule has 0 saturated carbocycles. The summed E-state index contributed by atoms with van der Waals surface area (Å²) in [7, 11) is -8.66. The van der Waals surface area contributed by atoms with E-state index < -0.39 is 18.9 Å². The van der Waals surface area contributed by atoms with Crippen LogP contribution >= 0.6 is 7.81 Å². The van der Waals surface area contributed by atoms with E-state index in [4.69, 9.17) is 10.2 Å². The summed E-state index contributed by atoms with van der Waals surface area (Å²) in [4.78, 5) is 16.1. The van der Waals surface area contributed by atoms with Crippen molar-refractivity contribution in [2.45, 2.75) is 77.5 Å². The van der Waals surface area contributed by atoms with Crippen LogP contribution in [0.3, 0.4) is 0 Å². The third-order valence-electron chi connectivity index (χ3n) is 6.69. The van der Waals surface area contributed by atoms with Crippen molar-refractivity contribution in [2.24, 2.45) is 0 Å². The van der Waals surface area contributed by atoms with Crippen LogP contribution in [0.4, 0.5) is 25.2 Å². The molecule has 42 heavy (non-hydrogen) atoms. The first-order chi connectivity index (χ1) is 18.2. The van der Waals surface area contributed by atoms with E-state index in [1.807, 2.05) is 55.4 Å². The molecule has 12 nitrogen and oxygen atoms in total. The smallest absolute Gasteiger partial charge is 3.00 e. The Morgan fingerprint density at radius 2 is 0.905 bits per heavy atom. The molecule has 2 aromatic rings. The molecule has 0 unspecified atom stereocenters. The maximum Gasteiger partial charge on any atom is 3.00 e. The molecule has 244 valence electrons. The Bertz CT molecular complexity index is 1110. The fourth-order valence-electron chi connectivity index (χ4n) is 3.09. The first kappa shape index (κ1) is 41.5. The molecule has 2 aliphatic heterocycles. The minimum absolute atomic E-state index is 0. The quantitative estimate of drug-likeness (QED) is 0.121. The predicted molar refractivity (Wildman–Crippen MR) is 143 cm³/mol. The van der Waals surface area contributed by atoms with Crippen molar-refractivity contribution in [3.63, 3.8) is 0 Å². The average Bonchev–Trinajstić information content (AvgIpc) is 3.59. The van der Waals surface area contributed by atoms with Gasteiger partial charge in [-0.05, 0) is 55.4 Å². The van der Waals surface area contributed by atoms with Crippen molar-refractivity contribution in [3.8, 4) is 0 Å². The third kappa shape index (κ3) is 10.9. The molecule has 4 heterocycles. The first-order valence-electron chi connectivity index (χ1n) is 11.8. The molecular weight excluding hydrogens is 640 g/mol. The van der Waals surface area contributed by atoms with Gasteiger partial charge in [0.25, 0.3) is 11.7 Å². The van der Waals surface area contributed by atoms with Gasteiger partial charge in [0.2, 0.25) is 0 Å². The number of hydrogen-bond donors (Lipinski definition) is 4. The van der Waals surface area contributed by atoms with Gasteiger partial charge < -0.3 is 40.6 Å². The molecule has 0 aliphatic carbocycles. The SMILES string of the molecule is CC1(C)NC(c2ncc[n-]2)=[N+]([O-])C1(C)C.CC1(C)NC(c2ncc[n-]2)=[N+]([O-])C1(C)C.CO.CO.F[P-](F)(F)(F)(F)F.[Mn+3]. The number of aliphatic hydroxyl groups is 2. The molecule has 4 N–H and O–H groups in total. The van der Waals surface area contributed by atoms with Crippen LogP contribution in [0.25, 0.3) is 0 Å². The Morgan fingerprint density at radius 3 is 1.05 bits per heavy atom. The summed E-state index contributed by atoms with van der Waals surface area (Å²) in [5.41, 5.74) is -1.62. The van der Waals surface area contributed by atoms with Crippen LogP contribution in [-0.2, 0) is 17.1 Å². The minimum Gasteiger partial charge on any atom is 3.00 e. The molecule has 0 saturated heterocycles. The average molecular weight is 678 g/mol. The molecule has 0 spiro atoms. The van der Waals surface area contributed by atoms with Crippen LogP contribution < -0.4 is 20.6 Å². The van der Waals surface area contributed by atoms with Crippen molar-refractivity contribution in [1.82, 2.24) is 30.6 Å². The zero-order valence-corrected chi connectivity index (χ0v) is 26.9. The van der Waals surface area contributed by atoms with Crippen molar-refractivity contribution in [2.75, 3.05) is 14.2 Å². The molecule has 20 heteroatoms. The van der Waals surface area contributed by atoms with Crippen LogP contribution in [0, 0.1) is 10.4 Å². The van der Waals surface area contributed by atoms with Gasteiger partial charge in [0.15, 0.2) is 0 Å². The fraction of sp³-hybridized carbons (Fsp3) is 0.636. The Hall–Kier alpha value is -2.59. The number of aliphatic hydroxyl groups excluding tert-OH is 2. The second-order valence-electron chi connectivity index (χ2n) is 10.6. The number of aromatic nitrogens is 4. The van der Waals surface area contributed by atoms with Crippen LogP contribution in [0.1, 0.15) is 67.0 Å². The molecule has 0 aromatic carbocycles. The van der Waals surface area contributed by atoms with Gasteiger partial charge in [-0.3, -0.25) is 20.1 Å². The van der Waals surface area contributed by atoms with E-state index in [1.165, 1.54) is 0 Å². The number of halogens is 6. The minimum atomic E-state index is -10.7. The van der Waals surface area contributed by atoms with Crippen molar-refractivity contribution < 1.29 is 61.9 Å². The van der Waals surface area contributed by atoms with Crippen LogP contribution in [0.5, 0.6) is 0 Å². The summed E-state index contributed by atoms with van der Waals surface area (Å²) in [5, 5.41) is 44.5. The summed E-state index contributed by atoms with van der Waals surface area (Å²) >= 11 is 0. The van der Waals surface area contributed by atoms with Gasteiger partial charge in [0.1, 0.15) is 22.2 Å². The number of hydrogen-bond acceptors (Lipinski definition) is 8. The number of imidazole rings is 2. The molecule has 0 radical (unpaired) electrons. The van der Waals surface area contributed by atoms with E-state index in [-0.39, 0.29) is 28.1 Å². The van der Waals surface area contributed by atoms with E-state index in [1.54, 1.807) is 24.8 Å². The van der Waals surface area contributed by atoms with Crippen LogP contribution in [0.15, 0.2) is 24.8 Å². The molecule has 2 aliphatic rings. The molecule has 4 rings (SSSR count). The number of nitrogens with one attached hydrogen (secondary N) is 2. The van der Waals surface area contributed by atoms with Crippen LogP contribution in [0.2, 0.25) is 0 Å². The van der Waals surface area contributed by atoms with Crippen molar-refractivity contribution in [1.29, 1.82) is 0 Å². The number of amidine groups is 2. The monoisotopic (exact) mass is 678 g/mol. The largest absolute Gasteiger partial charge is 3.00 e. The van der Waals surface area contributed by atoms with Crippen molar-refractivity contribution >= 4 is 19.5 Å². The van der Waals surface area contributed by atoms with Crippen molar-refractivity contribution in [3.05, 3.63) is 46.9 Å². The van der Waals surface area contributed by atoms with Gasteiger partial charge in [0, 0.05) is 25.9 Å². The predicted octanol–water partition coefficient (Wildman–Crippen LogP) is 3.51. The third-order valence-corrected chi connectivity index (χ3v) is 6.69. The molecule has 0 atom stereocenters. The van der Waals surface area contributed by atoms with Gasteiger partial charge in [-0.2, -0.15) is 0 Å². The van der Waals surface area contributed by atoms with Gasteiger partial charge in [0.05, 0.1) is 0 Å². The topological polar surface area (TPSA) is 171 Å².